The average Bonchev–Trinajstić information content (AvgIpc) is 3.23. The molecule has 0 aromatic heterocycles. The van der Waals surface area contributed by atoms with Crippen molar-refractivity contribution >= 4 is 5.69 Å². The van der Waals surface area contributed by atoms with Crippen molar-refractivity contribution in [3.63, 3.8) is 0 Å². The van der Waals surface area contributed by atoms with E-state index in [-0.39, 0.29) is 0 Å². The van der Waals surface area contributed by atoms with Gasteiger partial charge in [0.1, 0.15) is 5.75 Å². The summed E-state index contributed by atoms with van der Waals surface area (Å²) in [4.78, 5) is 7.93. The van der Waals surface area contributed by atoms with Crippen LogP contribution >= 0.6 is 0 Å². The zero-order valence-electron chi connectivity index (χ0n) is 16.7. The molecule has 4 nitrogen and oxygen atoms in total. The SMILES string of the molecule is c1ccc(N2CCN([C@H]3CCCN(Cc4ccc5c(c4)CCO5)C3)CC2)cc1. The van der Waals surface area contributed by atoms with E-state index >= 15 is 0 Å². The van der Waals surface area contributed by atoms with Gasteiger partial charge in [0.15, 0.2) is 0 Å². The number of ether oxygens (including phenoxy) is 1. The maximum Gasteiger partial charge on any atom is 0.122 e. The zero-order valence-corrected chi connectivity index (χ0v) is 16.7. The Morgan fingerprint density at radius 3 is 2.64 bits per heavy atom. The maximum atomic E-state index is 5.66. The molecule has 1 atom stereocenters. The normalized spacial score (nSPS) is 23.4. The maximum absolute atomic E-state index is 5.66. The van der Waals surface area contributed by atoms with E-state index in [0.717, 1.165) is 38.4 Å². The highest BCUT2D eigenvalue weighted by molar-refractivity contribution is 5.46. The number of fused-ring (bicyclic) bond motifs is 1. The third-order valence-corrected chi connectivity index (χ3v) is 6.59. The predicted octanol–water partition coefficient (Wildman–Crippen LogP) is 3.41. The molecule has 2 aromatic rings. The van der Waals surface area contributed by atoms with Gasteiger partial charge in [-0.3, -0.25) is 9.80 Å². The number of rotatable bonds is 4. The summed E-state index contributed by atoms with van der Waals surface area (Å²) in [5.41, 5.74) is 4.20. The number of piperidine rings is 1. The fourth-order valence-electron chi connectivity index (χ4n) is 5.05. The molecule has 0 saturated carbocycles. The molecule has 3 aliphatic heterocycles. The lowest BCUT2D eigenvalue weighted by molar-refractivity contribution is 0.0887. The Labute approximate surface area is 168 Å². The molecule has 0 radical (unpaired) electrons. The summed E-state index contributed by atoms with van der Waals surface area (Å²) in [5, 5.41) is 0. The van der Waals surface area contributed by atoms with E-state index < -0.39 is 0 Å². The van der Waals surface area contributed by atoms with E-state index in [0.29, 0.717) is 6.04 Å². The second-order valence-corrected chi connectivity index (χ2v) is 8.43. The Bertz CT molecular complexity index is 786. The molecule has 0 amide bonds. The van der Waals surface area contributed by atoms with Crippen molar-refractivity contribution < 1.29 is 4.74 Å². The number of anilines is 1. The Morgan fingerprint density at radius 1 is 0.929 bits per heavy atom. The highest BCUT2D eigenvalue weighted by Gasteiger charge is 2.28. The molecule has 0 spiro atoms. The first-order valence-electron chi connectivity index (χ1n) is 10.9. The summed E-state index contributed by atoms with van der Waals surface area (Å²) in [6.07, 6.45) is 3.73. The lowest BCUT2D eigenvalue weighted by atomic mass is 10.0. The van der Waals surface area contributed by atoms with Crippen LogP contribution in [-0.4, -0.2) is 61.7 Å². The third kappa shape index (κ3) is 3.89. The lowest BCUT2D eigenvalue weighted by Crippen LogP contribution is -2.55. The molecule has 5 rings (SSSR count). The summed E-state index contributed by atoms with van der Waals surface area (Å²) in [6.45, 7) is 9.02. The summed E-state index contributed by atoms with van der Waals surface area (Å²) in [7, 11) is 0. The molecule has 2 saturated heterocycles. The Morgan fingerprint density at radius 2 is 1.79 bits per heavy atom. The van der Waals surface area contributed by atoms with Gasteiger partial charge in [0.2, 0.25) is 0 Å². The number of para-hydroxylation sites is 1. The van der Waals surface area contributed by atoms with Crippen molar-refractivity contribution in [3.05, 3.63) is 59.7 Å². The molecule has 3 aliphatic rings. The molecular weight excluding hydrogens is 346 g/mol. The van der Waals surface area contributed by atoms with Gasteiger partial charge in [0, 0.05) is 57.4 Å². The molecule has 4 heteroatoms. The average molecular weight is 378 g/mol. The minimum absolute atomic E-state index is 0.712. The van der Waals surface area contributed by atoms with Gasteiger partial charge >= 0.3 is 0 Å². The van der Waals surface area contributed by atoms with Crippen LogP contribution in [0.5, 0.6) is 5.75 Å². The van der Waals surface area contributed by atoms with Gasteiger partial charge in [0.05, 0.1) is 6.61 Å². The summed E-state index contributed by atoms with van der Waals surface area (Å²) in [6, 6.07) is 18.4. The van der Waals surface area contributed by atoms with Crippen molar-refractivity contribution in [2.45, 2.75) is 31.8 Å². The largest absolute Gasteiger partial charge is 0.493 e. The highest BCUT2D eigenvalue weighted by atomic mass is 16.5. The van der Waals surface area contributed by atoms with Gasteiger partial charge in [-0.1, -0.05) is 30.3 Å². The van der Waals surface area contributed by atoms with Crippen molar-refractivity contribution in [3.8, 4) is 5.75 Å². The lowest BCUT2D eigenvalue weighted by Gasteiger charge is -2.44. The van der Waals surface area contributed by atoms with Gasteiger partial charge < -0.3 is 9.64 Å². The third-order valence-electron chi connectivity index (χ3n) is 6.59. The molecule has 3 heterocycles. The van der Waals surface area contributed by atoms with Crippen LogP contribution in [0.2, 0.25) is 0 Å². The number of hydrogen-bond donors (Lipinski definition) is 0. The van der Waals surface area contributed by atoms with Crippen LogP contribution in [0.15, 0.2) is 48.5 Å². The fourth-order valence-corrected chi connectivity index (χ4v) is 5.05. The first kappa shape index (κ1) is 18.0. The monoisotopic (exact) mass is 377 g/mol. The summed E-state index contributed by atoms with van der Waals surface area (Å²) < 4.78 is 5.66. The molecule has 0 N–H and O–H groups in total. The number of likely N-dealkylation sites (tertiary alicyclic amines) is 1. The summed E-state index contributed by atoms with van der Waals surface area (Å²) in [5.74, 6) is 1.09. The quantitative estimate of drug-likeness (QED) is 0.813. The van der Waals surface area contributed by atoms with Gasteiger partial charge in [-0.2, -0.15) is 0 Å². The van der Waals surface area contributed by atoms with Gasteiger partial charge in [-0.25, -0.2) is 0 Å². The van der Waals surface area contributed by atoms with Crippen molar-refractivity contribution in [2.75, 3.05) is 50.8 Å². The predicted molar refractivity (Wildman–Crippen MR) is 114 cm³/mol. The van der Waals surface area contributed by atoms with Gasteiger partial charge in [0.25, 0.3) is 0 Å². The number of benzene rings is 2. The molecular formula is C24H31N3O. The van der Waals surface area contributed by atoms with Crippen LogP contribution in [-0.2, 0) is 13.0 Å². The molecule has 0 unspecified atom stereocenters. The fraction of sp³-hybridized carbons (Fsp3) is 0.500. The van der Waals surface area contributed by atoms with Crippen LogP contribution in [0.25, 0.3) is 0 Å². The van der Waals surface area contributed by atoms with E-state index in [2.05, 4.69) is 63.2 Å². The standard InChI is InChI=1S/C24H31N3O/c1-2-5-22(6-3-1)26-12-14-27(15-13-26)23-7-4-11-25(19-23)18-20-8-9-24-21(17-20)10-16-28-24/h1-3,5-6,8-9,17,23H,4,7,10-16,18-19H2/t23-/m0/s1. The van der Waals surface area contributed by atoms with Crippen LogP contribution in [0, 0.1) is 0 Å². The molecule has 2 aromatic carbocycles. The van der Waals surface area contributed by atoms with E-state index in [1.165, 1.54) is 55.8 Å². The Hall–Kier alpha value is -2.04. The van der Waals surface area contributed by atoms with Crippen LogP contribution in [0.3, 0.4) is 0 Å². The van der Waals surface area contributed by atoms with Gasteiger partial charge in [-0.05, 0) is 48.7 Å². The minimum atomic E-state index is 0.712. The van der Waals surface area contributed by atoms with Gasteiger partial charge in [-0.15, -0.1) is 0 Å². The number of piperazine rings is 1. The molecule has 148 valence electrons. The molecule has 28 heavy (non-hydrogen) atoms. The molecule has 0 aliphatic carbocycles. The Balaban J connectivity index is 1.16. The molecule has 2 fully saturated rings. The topological polar surface area (TPSA) is 19.0 Å². The minimum Gasteiger partial charge on any atom is -0.493 e. The highest BCUT2D eigenvalue weighted by Crippen LogP contribution is 2.27. The van der Waals surface area contributed by atoms with Crippen LogP contribution in [0.1, 0.15) is 24.0 Å². The second kappa shape index (κ2) is 8.14. The van der Waals surface area contributed by atoms with E-state index in [4.69, 9.17) is 4.74 Å². The van der Waals surface area contributed by atoms with Crippen molar-refractivity contribution in [1.29, 1.82) is 0 Å². The number of hydrogen-bond acceptors (Lipinski definition) is 4. The van der Waals surface area contributed by atoms with Crippen LogP contribution in [0.4, 0.5) is 5.69 Å². The van der Waals surface area contributed by atoms with E-state index in [9.17, 15) is 0 Å². The van der Waals surface area contributed by atoms with E-state index in [1.807, 2.05) is 0 Å². The Kier molecular flexibility index (Phi) is 5.24. The van der Waals surface area contributed by atoms with Crippen molar-refractivity contribution in [2.24, 2.45) is 0 Å². The van der Waals surface area contributed by atoms with E-state index in [1.54, 1.807) is 0 Å². The molecule has 0 bridgehead atoms. The number of nitrogens with zero attached hydrogens (tertiary/aromatic N) is 3. The summed E-state index contributed by atoms with van der Waals surface area (Å²) >= 11 is 0. The van der Waals surface area contributed by atoms with Crippen LogP contribution < -0.4 is 9.64 Å². The zero-order chi connectivity index (χ0) is 18.8. The van der Waals surface area contributed by atoms with Crippen molar-refractivity contribution in [1.82, 2.24) is 9.80 Å². The second-order valence-electron chi connectivity index (χ2n) is 8.43. The first-order valence-corrected chi connectivity index (χ1v) is 10.9. The first-order chi connectivity index (χ1) is 13.8. The smallest absolute Gasteiger partial charge is 0.122 e.